The fourth-order valence-electron chi connectivity index (χ4n) is 3.24. The average molecular weight is 311 g/mol. The lowest BCUT2D eigenvalue weighted by molar-refractivity contribution is -0.00402. The van der Waals surface area contributed by atoms with Gasteiger partial charge in [-0.1, -0.05) is 6.07 Å². The van der Waals surface area contributed by atoms with Gasteiger partial charge in [-0.05, 0) is 25.0 Å². The van der Waals surface area contributed by atoms with Crippen molar-refractivity contribution in [1.29, 1.82) is 0 Å². The highest BCUT2D eigenvalue weighted by Gasteiger charge is 2.25. The van der Waals surface area contributed by atoms with Crippen molar-refractivity contribution in [3.05, 3.63) is 54.4 Å². The number of fused-ring (bicyclic) bond motifs is 1. The first kappa shape index (κ1) is 14.4. The quantitative estimate of drug-likeness (QED) is 0.801. The van der Waals surface area contributed by atoms with Crippen molar-refractivity contribution in [2.24, 2.45) is 7.05 Å². The predicted octanol–water partition coefficient (Wildman–Crippen LogP) is 2.08. The topological polar surface area (TPSA) is 56.4 Å². The van der Waals surface area contributed by atoms with Gasteiger partial charge in [-0.3, -0.25) is 0 Å². The lowest BCUT2D eigenvalue weighted by atomic mass is 10.0. The molecule has 0 saturated carbocycles. The van der Waals surface area contributed by atoms with Crippen molar-refractivity contribution >= 4 is 5.52 Å². The summed E-state index contributed by atoms with van der Waals surface area (Å²) in [7, 11) is 2.02. The first-order valence-electron chi connectivity index (χ1n) is 8.04. The van der Waals surface area contributed by atoms with E-state index in [1.54, 1.807) is 0 Å². The Hall–Kier alpha value is -2.18. The van der Waals surface area contributed by atoms with E-state index in [0.717, 1.165) is 37.2 Å². The number of aryl methyl sites for hydroxylation is 1. The van der Waals surface area contributed by atoms with E-state index in [-0.39, 0.29) is 6.10 Å². The third-order valence-corrected chi connectivity index (χ3v) is 4.56. The summed E-state index contributed by atoms with van der Waals surface area (Å²) in [5.41, 5.74) is 3.54. The van der Waals surface area contributed by atoms with E-state index in [2.05, 4.69) is 21.5 Å². The van der Waals surface area contributed by atoms with Crippen LogP contribution >= 0.6 is 0 Å². The van der Waals surface area contributed by atoms with Crippen LogP contribution in [0.4, 0.5) is 0 Å². The molecule has 1 aliphatic rings. The van der Waals surface area contributed by atoms with E-state index in [1.807, 2.05) is 53.2 Å². The molecule has 23 heavy (non-hydrogen) atoms. The number of nitrogens with one attached hydrogen (secondary N) is 1. The smallest absolute Gasteiger partial charge is 0.100 e. The van der Waals surface area contributed by atoms with Crippen molar-refractivity contribution < 1.29 is 4.74 Å². The van der Waals surface area contributed by atoms with E-state index in [0.29, 0.717) is 6.04 Å². The second-order valence-electron chi connectivity index (χ2n) is 6.09. The Morgan fingerprint density at radius 1 is 1.35 bits per heavy atom. The fraction of sp³-hybridized carbons (Fsp3) is 0.412. The van der Waals surface area contributed by atoms with Crippen molar-refractivity contribution in [3.63, 3.8) is 0 Å². The lowest BCUT2D eigenvalue weighted by Gasteiger charge is -2.30. The van der Waals surface area contributed by atoms with Gasteiger partial charge in [-0.2, -0.15) is 5.10 Å². The summed E-state index contributed by atoms with van der Waals surface area (Å²) in [5.74, 6) is 0. The van der Waals surface area contributed by atoms with E-state index in [1.165, 1.54) is 5.56 Å². The average Bonchev–Trinajstić information content (AvgIpc) is 3.19. The second kappa shape index (κ2) is 6.14. The van der Waals surface area contributed by atoms with Crippen molar-refractivity contribution in [2.45, 2.75) is 31.5 Å². The van der Waals surface area contributed by atoms with Crippen LogP contribution in [0.15, 0.2) is 43.1 Å². The van der Waals surface area contributed by atoms with Gasteiger partial charge in [-0.25, -0.2) is 9.50 Å². The van der Waals surface area contributed by atoms with E-state index < -0.39 is 0 Å². The number of pyridine rings is 1. The van der Waals surface area contributed by atoms with Crippen LogP contribution in [0.25, 0.3) is 5.52 Å². The highest BCUT2D eigenvalue weighted by Crippen LogP contribution is 2.27. The lowest BCUT2D eigenvalue weighted by Crippen LogP contribution is -2.36. The summed E-state index contributed by atoms with van der Waals surface area (Å²) in [6, 6.07) is 6.59. The Balaban J connectivity index is 1.42. The zero-order chi connectivity index (χ0) is 15.6. The summed E-state index contributed by atoms with van der Waals surface area (Å²) >= 11 is 0. The number of imidazole rings is 1. The third kappa shape index (κ3) is 2.87. The number of ether oxygens (including phenoxy) is 1. The number of hydrogen-bond donors (Lipinski definition) is 1. The summed E-state index contributed by atoms with van der Waals surface area (Å²) in [6.07, 6.45) is 9.78. The molecule has 4 heterocycles. The van der Waals surface area contributed by atoms with Crippen LogP contribution in [0.1, 0.15) is 30.2 Å². The molecule has 1 saturated heterocycles. The minimum absolute atomic E-state index is 0.123. The summed E-state index contributed by atoms with van der Waals surface area (Å²) in [5, 5.41) is 8.05. The van der Waals surface area contributed by atoms with Crippen LogP contribution < -0.4 is 5.32 Å². The minimum Gasteiger partial charge on any atom is -0.372 e. The number of hydrogen-bond acceptors (Lipinski definition) is 4. The van der Waals surface area contributed by atoms with E-state index in [9.17, 15) is 0 Å². The number of rotatable bonds is 4. The van der Waals surface area contributed by atoms with E-state index in [4.69, 9.17) is 4.74 Å². The summed E-state index contributed by atoms with van der Waals surface area (Å²) in [6.45, 7) is 1.61. The van der Waals surface area contributed by atoms with Gasteiger partial charge in [0.05, 0.1) is 29.9 Å². The van der Waals surface area contributed by atoms with Crippen molar-refractivity contribution in [3.8, 4) is 0 Å². The molecule has 6 nitrogen and oxygen atoms in total. The van der Waals surface area contributed by atoms with Crippen LogP contribution in [-0.2, 0) is 18.3 Å². The van der Waals surface area contributed by atoms with Gasteiger partial charge in [0.2, 0.25) is 0 Å². The molecule has 1 aliphatic heterocycles. The molecule has 0 aliphatic carbocycles. The van der Waals surface area contributed by atoms with Gasteiger partial charge in [-0.15, -0.1) is 0 Å². The number of aromatic nitrogens is 4. The zero-order valence-corrected chi connectivity index (χ0v) is 13.2. The standard InChI is InChI=1S/C17H21N5O/c1-21-12-18-11-16(21)17-8-14(5-7-23-17)19-9-13-10-20-22-6-3-2-4-15(13)22/h2-4,6,10-12,14,17,19H,5,7-9H2,1H3/t14-,17+/m1/s1. The molecular formula is C17H21N5O. The molecule has 1 fully saturated rings. The van der Waals surface area contributed by atoms with Gasteiger partial charge in [0, 0.05) is 38.0 Å². The van der Waals surface area contributed by atoms with Crippen LogP contribution in [-0.4, -0.2) is 31.8 Å². The molecule has 1 N–H and O–H groups in total. The van der Waals surface area contributed by atoms with Gasteiger partial charge in [0.25, 0.3) is 0 Å². The molecule has 0 bridgehead atoms. The second-order valence-corrected chi connectivity index (χ2v) is 6.09. The number of nitrogens with zero attached hydrogens (tertiary/aromatic N) is 4. The molecule has 0 radical (unpaired) electrons. The molecule has 4 rings (SSSR count). The molecule has 0 spiro atoms. The van der Waals surface area contributed by atoms with Crippen LogP contribution in [0, 0.1) is 0 Å². The minimum atomic E-state index is 0.123. The van der Waals surface area contributed by atoms with Gasteiger partial charge in [0.15, 0.2) is 0 Å². The summed E-state index contributed by atoms with van der Waals surface area (Å²) < 4.78 is 9.88. The monoisotopic (exact) mass is 311 g/mol. The Kier molecular flexibility index (Phi) is 3.85. The van der Waals surface area contributed by atoms with Gasteiger partial charge >= 0.3 is 0 Å². The summed E-state index contributed by atoms with van der Waals surface area (Å²) in [4.78, 5) is 4.19. The Morgan fingerprint density at radius 2 is 2.30 bits per heavy atom. The maximum absolute atomic E-state index is 5.92. The molecule has 0 aromatic carbocycles. The van der Waals surface area contributed by atoms with Crippen LogP contribution in [0.3, 0.4) is 0 Å². The van der Waals surface area contributed by atoms with Gasteiger partial charge < -0.3 is 14.6 Å². The normalized spacial score (nSPS) is 21.8. The molecule has 120 valence electrons. The van der Waals surface area contributed by atoms with Gasteiger partial charge in [0.1, 0.15) is 6.10 Å². The zero-order valence-electron chi connectivity index (χ0n) is 13.2. The first-order valence-corrected chi connectivity index (χ1v) is 8.04. The molecular weight excluding hydrogens is 290 g/mol. The SMILES string of the molecule is Cn1cncc1[C@@H]1C[C@H](NCc2cnn3ccccc23)CCO1. The third-order valence-electron chi connectivity index (χ3n) is 4.56. The molecule has 3 aromatic heterocycles. The predicted molar refractivity (Wildman–Crippen MR) is 87.0 cm³/mol. The first-order chi connectivity index (χ1) is 11.3. The maximum Gasteiger partial charge on any atom is 0.100 e. The molecule has 0 amide bonds. The largest absolute Gasteiger partial charge is 0.372 e. The Bertz CT molecular complexity index is 793. The maximum atomic E-state index is 5.92. The Labute approximate surface area is 135 Å². The molecule has 0 unspecified atom stereocenters. The molecule has 3 aromatic rings. The molecule has 6 heteroatoms. The van der Waals surface area contributed by atoms with E-state index >= 15 is 0 Å². The van der Waals surface area contributed by atoms with Crippen LogP contribution in [0.5, 0.6) is 0 Å². The van der Waals surface area contributed by atoms with Crippen LogP contribution in [0.2, 0.25) is 0 Å². The van der Waals surface area contributed by atoms with Crippen molar-refractivity contribution in [1.82, 2.24) is 24.5 Å². The Morgan fingerprint density at radius 3 is 3.17 bits per heavy atom. The highest BCUT2D eigenvalue weighted by molar-refractivity contribution is 5.53. The fourth-order valence-corrected chi connectivity index (χ4v) is 3.24. The molecule has 2 atom stereocenters. The highest BCUT2D eigenvalue weighted by atomic mass is 16.5. The van der Waals surface area contributed by atoms with Crippen molar-refractivity contribution in [2.75, 3.05) is 6.61 Å².